The number of para-hydroxylation sites is 4. The van der Waals surface area contributed by atoms with Crippen LogP contribution in [-0.2, 0) is 0 Å². The van der Waals surface area contributed by atoms with Crippen molar-refractivity contribution in [1.29, 1.82) is 10.5 Å². The van der Waals surface area contributed by atoms with Crippen LogP contribution in [0.15, 0.2) is 170 Å². The first kappa shape index (κ1) is 32.1. The monoisotopic (exact) mass is 724 g/mol. The summed E-state index contributed by atoms with van der Waals surface area (Å²) in [6.07, 6.45) is 0. The van der Waals surface area contributed by atoms with E-state index in [9.17, 15) is 10.5 Å². The molecule has 6 nitrogen and oxygen atoms in total. The number of nitriles is 2. The molecule has 11 aromatic rings. The first-order valence-corrected chi connectivity index (χ1v) is 18.7. The summed E-state index contributed by atoms with van der Waals surface area (Å²) >= 11 is 0. The van der Waals surface area contributed by atoms with Crippen LogP contribution in [0, 0.1) is 29.2 Å². The number of rotatable bonds is 4. The first-order chi connectivity index (χ1) is 28.1. The molecule has 57 heavy (non-hydrogen) atoms. The normalized spacial score (nSPS) is 11.5. The second-order valence-electron chi connectivity index (χ2n) is 14.3. The maximum atomic E-state index is 10.8. The molecule has 0 amide bonds. The summed E-state index contributed by atoms with van der Waals surface area (Å²) in [7, 11) is 0. The van der Waals surface area contributed by atoms with Crippen LogP contribution < -0.4 is 0 Å². The van der Waals surface area contributed by atoms with Crippen molar-refractivity contribution in [1.82, 2.24) is 13.7 Å². The Morgan fingerprint density at radius 3 is 1.65 bits per heavy atom. The van der Waals surface area contributed by atoms with E-state index in [1.54, 1.807) is 0 Å². The third kappa shape index (κ3) is 4.68. The van der Waals surface area contributed by atoms with Gasteiger partial charge in [0.1, 0.15) is 6.07 Å². The molecule has 0 unspecified atom stereocenters. The highest BCUT2D eigenvalue weighted by molar-refractivity contribution is 6.13. The Bertz CT molecular complexity index is 3580. The van der Waals surface area contributed by atoms with Gasteiger partial charge >= 0.3 is 0 Å². The quantitative estimate of drug-likeness (QED) is 0.170. The van der Waals surface area contributed by atoms with Gasteiger partial charge in [0.25, 0.3) is 0 Å². The number of hydrogen-bond donors (Lipinski definition) is 0. The highest BCUT2D eigenvalue weighted by Gasteiger charge is 2.20. The van der Waals surface area contributed by atoms with Gasteiger partial charge in [-0.25, -0.2) is 4.85 Å². The lowest BCUT2D eigenvalue weighted by Gasteiger charge is -2.16. The van der Waals surface area contributed by atoms with Crippen molar-refractivity contribution in [3.8, 4) is 40.3 Å². The van der Waals surface area contributed by atoms with Gasteiger partial charge in [0.15, 0.2) is 5.69 Å². The summed E-state index contributed by atoms with van der Waals surface area (Å²) in [6, 6.07) is 62.6. The molecule has 0 atom stereocenters. The minimum absolute atomic E-state index is 0.529. The van der Waals surface area contributed by atoms with Gasteiger partial charge in [0.2, 0.25) is 0 Å². The van der Waals surface area contributed by atoms with Gasteiger partial charge in [-0.3, -0.25) is 0 Å². The molecule has 8 aromatic carbocycles. The van der Waals surface area contributed by atoms with Gasteiger partial charge in [-0.15, -0.1) is 0 Å². The maximum Gasteiger partial charge on any atom is 0.188 e. The van der Waals surface area contributed by atoms with E-state index in [1.807, 2.05) is 72.8 Å². The number of benzene rings is 8. The van der Waals surface area contributed by atoms with E-state index < -0.39 is 0 Å². The number of aromatic nitrogens is 3. The molecule has 11 rings (SSSR count). The van der Waals surface area contributed by atoms with Gasteiger partial charge < -0.3 is 13.7 Å². The predicted octanol–water partition coefficient (Wildman–Crippen LogP) is 12.9. The fourth-order valence-electron chi connectivity index (χ4n) is 8.87. The van der Waals surface area contributed by atoms with E-state index in [2.05, 4.69) is 128 Å². The Kier molecular flexibility index (Phi) is 6.95. The van der Waals surface area contributed by atoms with Crippen molar-refractivity contribution >= 4 is 71.1 Å². The van der Waals surface area contributed by atoms with Crippen LogP contribution in [0.3, 0.4) is 0 Å². The van der Waals surface area contributed by atoms with E-state index in [4.69, 9.17) is 6.57 Å². The van der Waals surface area contributed by atoms with Crippen molar-refractivity contribution in [2.75, 3.05) is 0 Å². The second kappa shape index (κ2) is 12.3. The largest absolute Gasteiger partial charge is 0.309 e. The molecule has 3 heterocycles. The highest BCUT2D eigenvalue weighted by atomic mass is 15.0. The molecular formula is C51H28N6. The van der Waals surface area contributed by atoms with Gasteiger partial charge in [0, 0.05) is 38.2 Å². The Labute approximate surface area is 326 Å². The number of fused-ring (bicyclic) bond motifs is 9. The van der Waals surface area contributed by atoms with E-state index >= 15 is 0 Å². The highest BCUT2D eigenvalue weighted by Crippen LogP contribution is 2.41. The molecule has 0 saturated heterocycles. The molecule has 262 valence electrons. The zero-order chi connectivity index (χ0) is 38.2. The molecule has 3 aromatic heterocycles. The van der Waals surface area contributed by atoms with Crippen LogP contribution in [0.5, 0.6) is 0 Å². The first-order valence-electron chi connectivity index (χ1n) is 18.7. The SMILES string of the molecule is [C-]#[N+]c1ccc2c(c1)c1ccccc1n2-c1ccccc1-c1ccc(-n2c3ccc(C#N)cc3c3cc(-n4c5ccccc5c5ccccc54)ccc32)c(C#N)c1. The molecule has 0 aliphatic rings. The average Bonchev–Trinajstić information content (AvgIpc) is 3.91. The molecule has 0 aliphatic carbocycles. The van der Waals surface area contributed by atoms with Crippen LogP contribution >= 0.6 is 0 Å². The molecule has 0 aliphatic heterocycles. The van der Waals surface area contributed by atoms with Crippen LogP contribution in [0.25, 0.3) is 98.5 Å². The molecule has 0 radical (unpaired) electrons. The minimum atomic E-state index is 0.529. The summed E-state index contributed by atoms with van der Waals surface area (Å²) in [5, 5.41) is 27.2. The standard InChI is InChI=1S/C51H28N6/c1-54-35-20-24-50-42(28-35)40-13-5-9-17-48(40)57(50)45-14-6-2-10-37(45)33-19-23-44(34(27-33)31-53)56-49-22-18-32(30-52)26-41(49)43-29-36(21-25-51(43)56)55-46-15-7-3-11-38(46)39-12-4-8-16-47(39)55/h2-29H. The average molecular weight is 725 g/mol. The lowest BCUT2D eigenvalue weighted by Crippen LogP contribution is -2.00. The van der Waals surface area contributed by atoms with Crippen LogP contribution in [0.4, 0.5) is 5.69 Å². The minimum Gasteiger partial charge on any atom is -0.309 e. The van der Waals surface area contributed by atoms with Crippen molar-refractivity contribution in [2.45, 2.75) is 0 Å². The molecule has 0 bridgehead atoms. The van der Waals surface area contributed by atoms with Gasteiger partial charge in [-0.05, 0) is 95.9 Å². The molecule has 0 saturated carbocycles. The summed E-state index contributed by atoms with van der Waals surface area (Å²) < 4.78 is 6.70. The topological polar surface area (TPSA) is 66.7 Å². The van der Waals surface area contributed by atoms with E-state index in [0.717, 1.165) is 82.8 Å². The zero-order valence-corrected chi connectivity index (χ0v) is 30.3. The van der Waals surface area contributed by atoms with Gasteiger partial charge in [-0.2, -0.15) is 10.5 Å². The Morgan fingerprint density at radius 1 is 0.421 bits per heavy atom. The summed E-state index contributed by atoms with van der Waals surface area (Å²) in [6.45, 7) is 7.63. The van der Waals surface area contributed by atoms with Crippen LogP contribution in [0.1, 0.15) is 11.1 Å². The zero-order valence-electron chi connectivity index (χ0n) is 30.3. The van der Waals surface area contributed by atoms with Crippen molar-refractivity contribution in [2.24, 2.45) is 0 Å². The van der Waals surface area contributed by atoms with Gasteiger partial charge in [0.05, 0.1) is 68.2 Å². The smallest absolute Gasteiger partial charge is 0.188 e. The van der Waals surface area contributed by atoms with E-state index in [-0.39, 0.29) is 0 Å². The second-order valence-corrected chi connectivity index (χ2v) is 14.3. The van der Waals surface area contributed by atoms with Crippen LogP contribution in [-0.4, -0.2) is 13.7 Å². The molecule has 6 heteroatoms. The van der Waals surface area contributed by atoms with Crippen molar-refractivity contribution < 1.29 is 0 Å². The summed E-state index contributed by atoms with van der Waals surface area (Å²) in [5.74, 6) is 0. The maximum absolute atomic E-state index is 10.8. The van der Waals surface area contributed by atoms with Crippen LogP contribution in [0.2, 0.25) is 0 Å². The lowest BCUT2D eigenvalue weighted by molar-refractivity contribution is 1.15. The Hall–Kier alpha value is -8.37. The fraction of sp³-hybridized carbons (Fsp3) is 0. The fourth-order valence-corrected chi connectivity index (χ4v) is 8.87. The van der Waals surface area contributed by atoms with E-state index in [1.165, 1.54) is 10.8 Å². The molecule has 0 N–H and O–H groups in total. The Morgan fingerprint density at radius 2 is 0.965 bits per heavy atom. The van der Waals surface area contributed by atoms with Crippen molar-refractivity contribution in [3.05, 3.63) is 192 Å². The summed E-state index contributed by atoms with van der Waals surface area (Å²) in [4.78, 5) is 3.70. The predicted molar refractivity (Wildman–Crippen MR) is 231 cm³/mol. The third-order valence-corrected chi connectivity index (χ3v) is 11.3. The molecular weight excluding hydrogens is 697 g/mol. The Balaban J connectivity index is 1.11. The van der Waals surface area contributed by atoms with Gasteiger partial charge in [-0.1, -0.05) is 84.9 Å². The molecule has 0 fully saturated rings. The molecule has 0 spiro atoms. The summed E-state index contributed by atoms with van der Waals surface area (Å²) in [5.41, 5.74) is 12.5. The lowest BCUT2D eigenvalue weighted by atomic mass is 10.00. The van der Waals surface area contributed by atoms with E-state index in [0.29, 0.717) is 16.8 Å². The number of hydrogen-bond acceptors (Lipinski definition) is 2. The van der Waals surface area contributed by atoms with Crippen molar-refractivity contribution in [3.63, 3.8) is 0 Å². The third-order valence-electron chi connectivity index (χ3n) is 11.3. The number of nitrogens with zero attached hydrogens (tertiary/aromatic N) is 6.